The van der Waals surface area contributed by atoms with E-state index in [9.17, 15) is 18.7 Å². The second-order valence-electron chi connectivity index (χ2n) is 5.37. The van der Waals surface area contributed by atoms with Crippen LogP contribution in [0.3, 0.4) is 0 Å². The number of hydrogen-bond donors (Lipinski definition) is 2. The van der Waals surface area contributed by atoms with Crippen LogP contribution < -0.4 is 10.6 Å². The Labute approximate surface area is 130 Å². The highest BCUT2D eigenvalue weighted by Gasteiger charge is 2.33. The lowest BCUT2D eigenvalue weighted by Gasteiger charge is -2.25. The number of aromatic nitrogens is 2. The Morgan fingerprint density at radius 2 is 2.00 bits per heavy atom. The molecule has 2 heterocycles. The molecule has 3 N–H and O–H groups in total. The quantitative estimate of drug-likeness (QED) is 0.885. The fourth-order valence-electron chi connectivity index (χ4n) is 2.71. The molecule has 2 unspecified atom stereocenters. The SMILES string of the molecule is NC(=O)c1ccc(N2CC(O)CC2c2ccc(F)c(F)c2)nn1. The van der Waals surface area contributed by atoms with Gasteiger partial charge in [-0.2, -0.15) is 0 Å². The van der Waals surface area contributed by atoms with E-state index in [2.05, 4.69) is 10.2 Å². The summed E-state index contributed by atoms with van der Waals surface area (Å²) in [5.74, 6) is -2.15. The minimum atomic E-state index is -0.945. The van der Waals surface area contributed by atoms with Gasteiger partial charge in [-0.05, 0) is 36.2 Å². The van der Waals surface area contributed by atoms with Gasteiger partial charge in [0, 0.05) is 6.54 Å². The fourth-order valence-corrected chi connectivity index (χ4v) is 2.71. The van der Waals surface area contributed by atoms with Crippen molar-refractivity contribution in [2.24, 2.45) is 5.73 Å². The first-order valence-corrected chi connectivity index (χ1v) is 6.99. The van der Waals surface area contributed by atoms with Crippen LogP contribution in [0.2, 0.25) is 0 Å². The van der Waals surface area contributed by atoms with Crippen LogP contribution >= 0.6 is 0 Å². The summed E-state index contributed by atoms with van der Waals surface area (Å²) in [5.41, 5.74) is 5.67. The molecule has 23 heavy (non-hydrogen) atoms. The van der Waals surface area contributed by atoms with Gasteiger partial charge in [-0.25, -0.2) is 8.78 Å². The average Bonchev–Trinajstić information content (AvgIpc) is 2.92. The third kappa shape index (κ3) is 2.98. The highest BCUT2D eigenvalue weighted by molar-refractivity contribution is 5.90. The van der Waals surface area contributed by atoms with Gasteiger partial charge >= 0.3 is 0 Å². The first kappa shape index (κ1) is 15.3. The smallest absolute Gasteiger partial charge is 0.269 e. The third-order valence-electron chi connectivity index (χ3n) is 3.80. The van der Waals surface area contributed by atoms with Crippen LogP contribution in [0.5, 0.6) is 0 Å². The number of anilines is 1. The Morgan fingerprint density at radius 3 is 2.61 bits per heavy atom. The first-order valence-electron chi connectivity index (χ1n) is 6.99. The summed E-state index contributed by atoms with van der Waals surface area (Å²) in [6.45, 7) is 0.272. The maximum absolute atomic E-state index is 13.5. The molecule has 1 fully saturated rings. The standard InChI is InChI=1S/C15H14F2N4O2/c16-10-2-1-8(5-11(10)17)13-6-9(22)7-21(13)14-4-3-12(15(18)23)19-20-14/h1-5,9,13,22H,6-7H2,(H2,18,23). The van der Waals surface area contributed by atoms with Crippen LogP contribution in [0.25, 0.3) is 0 Å². The van der Waals surface area contributed by atoms with Crippen molar-refractivity contribution in [2.75, 3.05) is 11.4 Å². The second kappa shape index (κ2) is 5.88. The van der Waals surface area contributed by atoms with E-state index in [1.54, 1.807) is 11.0 Å². The van der Waals surface area contributed by atoms with Gasteiger partial charge in [0.1, 0.15) is 0 Å². The minimum absolute atomic E-state index is 0.0258. The highest BCUT2D eigenvalue weighted by Crippen LogP contribution is 2.35. The first-order chi connectivity index (χ1) is 11.0. The summed E-state index contributed by atoms with van der Waals surface area (Å²) in [7, 11) is 0. The van der Waals surface area contributed by atoms with Crippen molar-refractivity contribution in [1.29, 1.82) is 0 Å². The van der Waals surface area contributed by atoms with E-state index >= 15 is 0 Å². The number of primary amides is 1. The largest absolute Gasteiger partial charge is 0.391 e. The maximum atomic E-state index is 13.5. The Hall–Kier alpha value is -2.61. The molecule has 0 saturated carbocycles. The second-order valence-corrected chi connectivity index (χ2v) is 5.37. The number of carbonyl (C=O) groups is 1. The van der Waals surface area contributed by atoms with Crippen molar-refractivity contribution in [2.45, 2.75) is 18.6 Å². The monoisotopic (exact) mass is 320 g/mol. The lowest BCUT2D eigenvalue weighted by molar-refractivity contribution is 0.0994. The zero-order valence-electron chi connectivity index (χ0n) is 12.0. The van der Waals surface area contributed by atoms with Crippen LogP contribution in [0.4, 0.5) is 14.6 Å². The summed E-state index contributed by atoms with van der Waals surface area (Å²) in [6, 6.07) is 6.24. The van der Waals surface area contributed by atoms with Crippen LogP contribution in [-0.4, -0.2) is 33.9 Å². The van der Waals surface area contributed by atoms with Crippen LogP contribution in [0.1, 0.15) is 28.5 Å². The minimum Gasteiger partial charge on any atom is -0.391 e. The van der Waals surface area contributed by atoms with Gasteiger partial charge in [-0.3, -0.25) is 4.79 Å². The van der Waals surface area contributed by atoms with Crippen molar-refractivity contribution in [3.63, 3.8) is 0 Å². The summed E-state index contributed by atoms with van der Waals surface area (Å²) >= 11 is 0. The molecule has 1 aliphatic rings. The molecule has 1 saturated heterocycles. The van der Waals surface area contributed by atoms with E-state index in [0.717, 1.165) is 12.1 Å². The van der Waals surface area contributed by atoms with Crippen LogP contribution in [-0.2, 0) is 0 Å². The summed E-state index contributed by atoms with van der Waals surface area (Å²) in [4.78, 5) is 12.8. The summed E-state index contributed by atoms with van der Waals surface area (Å²) < 4.78 is 26.6. The molecule has 6 nitrogen and oxygen atoms in total. The number of aliphatic hydroxyl groups excluding tert-OH is 1. The van der Waals surface area contributed by atoms with E-state index in [0.29, 0.717) is 17.8 Å². The van der Waals surface area contributed by atoms with Gasteiger partial charge < -0.3 is 15.7 Å². The van der Waals surface area contributed by atoms with E-state index in [1.807, 2.05) is 0 Å². The molecule has 1 aliphatic heterocycles. The molecule has 0 spiro atoms. The number of carbonyl (C=O) groups excluding carboxylic acids is 1. The predicted octanol–water partition coefficient (Wildman–Crippen LogP) is 1.17. The Bertz CT molecular complexity index is 739. The maximum Gasteiger partial charge on any atom is 0.269 e. The number of benzene rings is 1. The number of rotatable bonds is 3. The molecule has 1 aromatic heterocycles. The lowest BCUT2D eigenvalue weighted by Crippen LogP contribution is -2.26. The topological polar surface area (TPSA) is 92.3 Å². The molecule has 120 valence electrons. The Kier molecular flexibility index (Phi) is 3.91. The molecule has 1 aromatic carbocycles. The van der Waals surface area contributed by atoms with Crippen molar-refractivity contribution >= 4 is 11.7 Å². The predicted molar refractivity (Wildman–Crippen MR) is 77.6 cm³/mol. The number of aliphatic hydroxyl groups is 1. The van der Waals surface area contributed by atoms with E-state index in [4.69, 9.17) is 5.73 Å². The molecular weight excluding hydrogens is 306 g/mol. The molecule has 2 atom stereocenters. The van der Waals surface area contributed by atoms with Gasteiger partial charge in [-0.1, -0.05) is 6.07 Å². The van der Waals surface area contributed by atoms with Gasteiger partial charge in [-0.15, -0.1) is 10.2 Å². The fraction of sp³-hybridized carbons (Fsp3) is 0.267. The lowest BCUT2D eigenvalue weighted by atomic mass is 10.0. The molecule has 1 amide bonds. The van der Waals surface area contributed by atoms with Gasteiger partial charge in [0.15, 0.2) is 23.1 Å². The van der Waals surface area contributed by atoms with Crippen molar-refractivity contribution < 1.29 is 18.7 Å². The van der Waals surface area contributed by atoms with Gasteiger partial charge in [0.25, 0.3) is 5.91 Å². The van der Waals surface area contributed by atoms with E-state index < -0.39 is 23.6 Å². The Balaban J connectivity index is 1.92. The molecule has 0 aliphatic carbocycles. The molecule has 2 aromatic rings. The zero-order chi connectivity index (χ0) is 16.6. The summed E-state index contributed by atoms with van der Waals surface area (Å²) in [6.07, 6.45) is -0.282. The van der Waals surface area contributed by atoms with Crippen molar-refractivity contribution in [3.8, 4) is 0 Å². The highest BCUT2D eigenvalue weighted by atomic mass is 19.2. The molecular formula is C15H14F2N4O2. The third-order valence-corrected chi connectivity index (χ3v) is 3.80. The summed E-state index contributed by atoms with van der Waals surface area (Å²) in [5, 5.41) is 17.6. The zero-order valence-corrected chi connectivity index (χ0v) is 12.0. The van der Waals surface area contributed by atoms with Crippen molar-refractivity contribution in [1.82, 2.24) is 10.2 Å². The number of β-amino-alcohol motifs (C(OH)–C–C–N with tert-alkyl or cyclic N) is 1. The van der Waals surface area contributed by atoms with Crippen LogP contribution in [0.15, 0.2) is 30.3 Å². The van der Waals surface area contributed by atoms with Gasteiger partial charge in [0.2, 0.25) is 0 Å². The van der Waals surface area contributed by atoms with Crippen molar-refractivity contribution in [3.05, 3.63) is 53.2 Å². The molecule has 0 radical (unpaired) electrons. The Morgan fingerprint density at radius 1 is 1.22 bits per heavy atom. The molecule has 3 rings (SSSR count). The number of nitrogens with zero attached hydrogens (tertiary/aromatic N) is 3. The van der Waals surface area contributed by atoms with Gasteiger partial charge in [0.05, 0.1) is 12.1 Å². The number of hydrogen-bond acceptors (Lipinski definition) is 5. The molecule has 8 heteroatoms. The van der Waals surface area contributed by atoms with E-state index in [-0.39, 0.29) is 18.3 Å². The normalized spacial score (nSPS) is 20.7. The van der Waals surface area contributed by atoms with Crippen LogP contribution in [0, 0.1) is 11.6 Å². The number of nitrogens with two attached hydrogens (primary N) is 1. The molecule has 0 bridgehead atoms. The number of halogens is 2. The number of amides is 1. The van der Waals surface area contributed by atoms with E-state index in [1.165, 1.54) is 12.1 Å². The average molecular weight is 320 g/mol.